The van der Waals surface area contributed by atoms with Crippen molar-refractivity contribution in [1.29, 1.82) is 0 Å². The van der Waals surface area contributed by atoms with Crippen molar-refractivity contribution in [3.8, 4) is 16.9 Å². The van der Waals surface area contributed by atoms with Crippen molar-refractivity contribution in [1.82, 2.24) is 0 Å². The van der Waals surface area contributed by atoms with E-state index in [2.05, 4.69) is 6.07 Å². The molecule has 0 amide bonds. The van der Waals surface area contributed by atoms with E-state index >= 15 is 0 Å². The first-order valence-electron chi connectivity index (χ1n) is 4.77. The monoisotopic (exact) mass is 215 g/mol. The van der Waals surface area contributed by atoms with Crippen molar-refractivity contribution in [2.75, 3.05) is 5.73 Å². The van der Waals surface area contributed by atoms with Gasteiger partial charge in [0.1, 0.15) is 14.6 Å². The van der Waals surface area contributed by atoms with E-state index in [-0.39, 0.29) is 0 Å². The molecule has 1 atom stereocenters. The highest BCUT2D eigenvalue weighted by Gasteiger charge is 2.18. The lowest BCUT2D eigenvalue weighted by Crippen LogP contribution is -2.10. The van der Waals surface area contributed by atoms with Gasteiger partial charge in [0, 0.05) is 22.1 Å². The van der Waals surface area contributed by atoms with Crippen LogP contribution in [0.5, 0.6) is 5.75 Å². The Balaban J connectivity index is 2.33. The first-order valence-corrected chi connectivity index (χ1v) is 5.68. The average Bonchev–Trinajstić information content (AvgIpc) is 2.29. The van der Waals surface area contributed by atoms with Crippen LogP contribution in [0, 0.1) is 0 Å². The van der Waals surface area contributed by atoms with Crippen LogP contribution in [0.25, 0.3) is 11.1 Å². The van der Waals surface area contributed by atoms with Crippen LogP contribution in [0.15, 0.2) is 42.5 Å². The lowest BCUT2D eigenvalue weighted by molar-refractivity contribution is 0.638. The molecule has 1 aliphatic rings. The molecule has 15 heavy (non-hydrogen) atoms. The van der Waals surface area contributed by atoms with Crippen molar-refractivity contribution in [2.45, 2.75) is 0 Å². The molecule has 0 saturated heterocycles. The Morgan fingerprint density at radius 1 is 1.00 bits per heavy atom. The van der Waals surface area contributed by atoms with Gasteiger partial charge in [0.05, 0.1) is 0 Å². The second kappa shape index (κ2) is 3.25. The number of para-hydroxylation sites is 1. The Morgan fingerprint density at radius 2 is 1.87 bits per heavy atom. The van der Waals surface area contributed by atoms with Gasteiger partial charge in [-0.05, 0) is 12.1 Å². The predicted octanol–water partition coefficient (Wildman–Crippen LogP) is 2.55. The maximum absolute atomic E-state index is 6.01. The molecule has 2 aromatic rings. The van der Waals surface area contributed by atoms with E-state index in [0.717, 1.165) is 22.6 Å². The van der Waals surface area contributed by atoms with Gasteiger partial charge >= 0.3 is 0 Å². The van der Waals surface area contributed by atoms with Crippen LogP contribution in [0.2, 0.25) is 0 Å². The maximum atomic E-state index is 6.01. The summed E-state index contributed by atoms with van der Waals surface area (Å²) in [6, 6.07) is 14.0. The van der Waals surface area contributed by atoms with Gasteiger partial charge in [0.2, 0.25) is 0 Å². The number of nitrogens with two attached hydrogens (primary N) is 1. The molecule has 0 saturated carbocycles. The third-order valence-corrected chi connectivity index (χ3v) is 3.48. The maximum Gasteiger partial charge on any atom is 0.131 e. The fraction of sp³-hybridized carbons (Fsp3) is 0. The third kappa shape index (κ3) is 1.30. The Bertz CT molecular complexity index is 525. The number of anilines is 1. The van der Waals surface area contributed by atoms with Crippen LogP contribution in [-0.2, 0) is 0 Å². The van der Waals surface area contributed by atoms with Gasteiger partial charge in [-0.15, -0.1) is 0 Å². The Kier molecular flexibility index (Phi) is 1.90. The summed E-state index contributed by atoms with van der Waals surface area (Å²) in [6.45, 7) is 0. The van der Waals surface area contributed by atoms with Gasteiger partial charge in [0.15, 0.2) is 0 Å². The fourth-order valence-corrected chi connectivity index (χ4v) is 2.77. The molecule has 0 fully saturated rings. The molecule has 1 heterocycles. The van der Waals surface area contributed by atoms with E-state index < -0.39 is 0 Å². The highest BCUT2D eigenvalue weighted by atomic mass is 31.1. The van der Waals surface area contributed by atoms with E-state index in [1.165, 1.54) is 5.30 Å². The van der Waals surface area contributed by atoms with E-state index in [1.807, 2.05) is 36.4 Å². The van der Waals surface area contributed by atoms with Gasteiger partial charge in [-0.3, -0.25) is 0 Å². The summed E-state index contributed by atoms with van der Waals surface area (Å²) in [5.74, 6) is 0.932. The number of fused-ring (bicyclic) bond motifs is 3. The minimum atomic E-state index is 0.356. The second-order valence-corrected chi connectivity index (χ2v) is 4.42. The van der Waals surface area contributed by atoms with Crippen molar-refractivity contribution < 1.29 is 4.52 Å². The molecular formula is C12H10NOP. The molecular weight excluding hydrogens is 205 g/mol. The minimum Gasteiger partial charge on any atom is -0.472 e. The molecule has 3 rings (SSSR count). The lowest BCUT2D eigenvalue weighted by Gasteiger charge is -2.21. The van der Waals surface area contributed by atoms with Crippen LogP contribution in [0.1, 0.15) is 0 Å². The van der Waals surface area contributed by atoms with Crippen molar-refractivity contribution >= 4 is 19.8 Å². The molecule has 0 spiro atoms. The summed E-state index contributed by atoms with van der Waals surface area (Å²) >= 11 is 0. The summed E-state index contributed by atoms with van der Waals surface area (Å²) < 4.78 is 5.68. The van der Waals surface area contributed by atoms with E-state index in [1.54, 1.807) is 0 Å². The van der Waals surface area contributed by atoms with Gasteiger partial charge in [-0.25, -0.2) is 0 Å². The first-order chi connectivity index (χ1) is 7.36. The summed E-state index contributed by atoms with van der Waals surface area (Å²) in [7, 11) is 0.356. The molecule has 0 aliphatic carbocycles. The zero-order valence-corrected chi connectivity index (χ0v) is 9.03. The van der Waals surface area contributed by atoms with Crippen molar-refractivity contribution in [2.24, 2.45) is 0 Å². The SMILES string of the molecule is Nc1cccc2c1-c1ccccc1OP2. The van der Waals surface area contributed by atoms with Gasteiger partial charge in [-0.2, -0.15) is 0 Å². The normalized spacial score (nSPS) is 14.1. The molecule has 0 radical (unpaired) electrons. The minimum absolute atomic E-state index is 0.356. The number of benzene rings is 2. The smallest absolute Gasteiger partial charge is 0.131 e. The summed E-state index contributed by atoms with van der Waals surface area (Å²) in [6.07, 6.45) is 0. The van der Waals surface area contributed by atoms with Crippen LogP contribution < -0.4 is 15.6 Å². The number of hydrogen-bond acceptors (Lipinski definition) is 2. The fourth-order valence-electron chi connectivity index (χ4n) is 1.83. The zero-order valence-electron chi connectivity index (χ0n) is 8.03. The topological polar surface area (TPSA) is 35.2 Å². The summed E-state index contributed by atoms with van der Waals surface area (Å²) in [5.41, 5.74) is 9.07. The Labute approximate surface area is 89.9 Å². The highest BCUT2D eigenvalue weighted by Crippen LogP contribution is 2.41. The summed E-state index contributed by atoms with van der Waals surface area (Å²) in [4.78, 5) is 0. The standard InChI is InChI=1S/C12H10NOP/c13-9-5-3-7-11-12(9)8-4-1-2-6-10(8)14-15-11/h1-7,15H,13H2. The average molecular weight is 215 g/mol. The number of hydrogen-bond donors (Lipinski definition) is 1. The van der Waals surface area contributed by atoms with Crippen LogP contribution in [-0.4, -0.2) is 0 Å². The molecule has 2 nitrogen and oxygen atoms in total. The molecule has 0 bridgehead atoms. The van der Waals surface area contributed by atoms with Crippen LogP contribution in [0.4, 0.5) is 5.69 Å². The molecule has 2 aromatic carbocycles. The molecule has 1 aliphatic heterocycles. The number of rotatable bonds is 0. The molecule has 74 valence electrons. The van der Waals surface area contributed by atoms with Crippen molar-refractivity contribution in [3.63, 3.8) is 0 Å². The Morgan fingerprint density at radius 3 is 2.80 bits per heavy atom. The molecule has 0 aromatic heterocycles. The van der Waals surface area contributed by atoms with E-state index in [9.17, 15) is 0 Å². The number of nitrogen functional groups attached to an aromatic ring is 1. The second-order valence-electron chi connectivity index (χ2n) is 3.47. The van der Waals surface area contributed by atoms with Gasteiger partial charge in [0.25, 0.3) is 0 Å². The zero-order chi connectivity index (χ0) is 10.3. The quantitative estimate of drug-likeness (QED) is 0.541. The summed E-state index contributed by atoms with van der Waals surface area (Å²) in [5, 5.41) is 1.19. The Hall–Kier alpha value is -1.53. The van der Waals surface area contributed by atoms with E-state index in [4.69, 9.17) is 10.3 Å². The van der Waals surface area contributed by atoms with Gasteiger partial charge < -0.3 is 10.3 Å². The molecule has 2 N–H and O–H groups in total. The van der Waals surface area contributed by atoms with Gasteiger partial charge in [-0.1, -0.05) is 30.3 Å². The van der Waals surface area contributed by atoms with Crippen molar-refractivity contribution in [3.05, 3.63) is 42.5 Å². The molecule has 1 unspecified atom stereocenters. The third-order valence-electron chi connectivity index (χ3n) is 2.52. The van der Waals surface area contributed by atoms with Crippen LogP contribution >= 0.6 is 8.81 Å². The van der Waals surface area contributed by atoms with E-state index in [0.29, 0.717) is 8.81 Å². The van der Waals surface area contributed by atoms with Crippen LogP contribution in [0.3, 0.4) is 0 Å². The largest absolute Gasteiger partial charge is 0.472 e. The predicted molar refractivity (Wildman–Crippen MR) is 64.9 cm³/mol. The first kappa shape index (κ1) is 8.75. The molecule has 3 heteroatoms. The highest BCUT2D eigenvalue weighted by molar-refractivity contribution is 7.43. The lowest BCUT2D eigenvalue weighted by atomic mass is 10.0.